The van der Waals surface area contributed by atoms with Crippen LogP contribution in [0.3, 0.4) is 0 Å². The summed E-state index contributed by atoms with van der Waals surface area (Å²) in [7, 11) is 0. The molecule has 8 rings (SSSR count). The van der Waals surface area contributed by atoms with Crippen LogP contribution in [0.25, 0.3) is 72.8 Å². The van der Waals surface area contributed by atoms with Crippen LogP contribution >= 0.6 is 0 Å². The predicted octanol–water partition coefficient (Wildman–Crippen LogP) is 10.4. The van der Waals surface area contributed by atoms with Crippen LogP contribution in [0.4, 0.5) is 13.2 Å². The molecule has 0 aliphatic heterocycles. The molecule has 0 aliphatic carbocycles. The van der Waals surface area contributed by atoms with Gasteiger partial charge in [0.15, 0.2) is 17.5 Å². The van der Waals surface area contributed by atoms with Crippen LogP contribution in [0, 0.1) is 22.7 Å². The molecule has 6 aromatic carbocycles. The molecule has 0 aliphatic rings. The number of halogens is 3. The van der Waals surface area contributed by atoms with Crippen LogP contribution in [-0.4, -0.2) is 19.5 Å². The van der Waals surface area contributed by atoms with E-state index >= 15 is 0 Å². The van der Waals surface area contributed by atoms with Crippen LogP contribution in [0.2, 0.25) is 0 Å². The molecule has 242 valence electrons. The van der Waals surface area contributed by atoms with E-state index in [0.29, 0.717) is 51.0 Å². The third-order valence-corrected chi connectivity index (χ3v) is 8.75. The Morgan fingerprint density at radius 2 is 1.00 bits per heavy atom. The summed E-state index contributed by atoms with van der Waals surface area (Å²) in [5.41, 5.74) is 5.51. The molecule has 2 aromatic heterocycles. The van der Waals surface area contributed by atoms with E-state index in [-0.39, 0.29) is 0 Å². The second-order valence-corrected chi connectivity index (χ2v) is 11.9. The summed E-state index contributed by atoms with van der Waals surface area (Å²) in [4.78, 5) is 14.6. The van der Waals surface area contributed by atoms with Gasteiger partial charge < -0.3 is 4.57 Å². The van der Waals surface area contributed by atoms with Gasteiger partial charge in [-0.05, 0) is 65.7 Å². The molecule has 2 heterocycles. The Morgan fingerprint density at radius 3 is 1.49 bits per heavy atom. The van der Waals surface area contributed by atoms with E-state index in [9.17, 15) is 23.7 Å². The SMILES string of the molecule is N#Cc1ccc2c3ccc(C#N)cc3n(-c3ccc(-c4nc(-c5ccccc5)nc(-c5ccccc5)n4)c(-c4ccc(C(F)(F)F)cc4)c3)c2c1. The van der Waals surface area contributed by atoms with Gasteiger partial charge in [-0.2, -0.15) is 23.7 Å². The zero-order valence-electron chi connectivity index (χ0n) is 26.6. The fraction of sp³-hybridized carbons (Fsp3) is 0.0238. The van der Waals surface area contributed by atoms with Gasteiger partial charge in [0.1, 0.15) is 0 Å². The molecule has 0 amide bonds. The van der Waals surface area contributed by atoms with Gasteiger partial charge in [0.05, 0.1) is 39.9 Å². The highest BCUT2D eigenvalue weighted by atomic mass is 19.4. The number of hydrogen-bond acceptors (Lipinski definition) is 5. The largest absolute Gasteiger partial charge is 0.416 e. The van der Waals surface area contributed by atoms with Crippen LogP contribution in [0.15, 0.2) is 140 Å². The fourth-order valence-electron chi connectivity index (χ4n) is 6.31. The summed E-state index contributed by atoms with van der Waals surface area (Å²) in [6.45, 7) is 0. The van der Waals surface area contributed by atoms with E-state index in [4.69, 9.17) is 15.0 Å². The summed E-state index contributed by atoms with van der Waals surface area (Å²) in [5, 5.41) is 21.3. The highest BCUT2D eigenvalue weighted by molar-refractivity contribution is 6.10. The highest BCUT2D eigenvalue weighted by Gasteiger charge is 2.30. The van der Waals surface area contributed by atoms with Gasteiger partial charge in [-0.15, -0.1) is 0 Å². The van der Waals surface area contributed by atoms with Crippen LogP contribution in [-0.2, 0) is 6.18 Å². The van der Waals surface area contributed by atoms with Gasteiger partial charge in [-0.3, -0.25) is 0 Å². The molecule has 0 radical (unpaired) electrons. The maximum absolute atomic E-state index is 13.7. The first-order valence-electron chi connectivity index (χ1n) is 15.9. The molecule has 0 saturated carbocycles. The molecule has 9 heteroatoms. The molecule has 0 saturated heterocycles. The number of hydrogen-bond donors (Lipinski definition) is 0. The lowest BCUT2D eigenvalue weighted by atomic mass is 9.97. The first kappa shape index (κ1) is 31.2. The number of nitriles is 2. The summed E-state index contributed by atoms with van der Waals surface area (Å²) in [6.07, 6.45) is -4.51. The van der Waals surface area contributed by atoms with Gasteiger partial charge in [0, 0.05) is 33.2 Å². The van der Waals surface area contributed by atoms with E-state index < -0.39 is 11.7 Å². The van der Waals surface area contributed by atoms with Crippen molar-refractivity contribution < 1.29 is 13.2 Å². The van der Waals surface area contributed by atoms with Crippen LogP contribution in [0.1, 0.15) is 16.7 Å². The van der Waals surface area contributed by atoms with Crippen molar-refractivity contribution in [1.82, 2.24) is 19.5 Å². The second-order valence-electron chi connectivity index (χ2n) is 11.9. The van der Waals surface area contributed by atoms with E-state index in [1.165, 1.54) is 12.1 Å². The Balaban J connectivity index is 1.42. The minimum absolute atomic E-state index is 0.338. The Morgan fingerprint density at radius 1 is 0.490 bits per heavy atom. The van der Waals surface area contributed by atoms with Gasteiger partial charge in [-0.1, -0.05) is 84.9 Å². The topological polar surface area (TPSA) is 91.2 Å². The monoisotopic (exact) mass is 668 g/mol. The number of rotatable bonds is 5. The molecule has 6 nitrogen and oxygen atoms in total. The van der Waals surface area contributed by atoms with E-state index in [1.54, 1.807) is 24.3 Å². The van der Waals surface area contributed by atoms with Gasteiger partial charge in [-0.25, -0.2) is 15.0 Å². The van der Waals surface area contributed by atoms with Crippen molar-refractivity contribution in [1.29, 1.82) is 10.5 Å². The van der Waals surface area contributed by atoms with E-state index in [2.05, 4.69) is 12.1 Å². The standard InChI is InChI=1S/C42H23F3N6/c43-42(44,45)31-15-13-28(14-16-31)36-23-32(51-37-21-26(24-46)11-18-33(37)34-19-12-27(25-47)22-38(34)51)17-20-35(36)41-49-39(29-7-3-1-4-8-29)48-40(50-41)30-9-5-2-6-10-30/h1-23H. The maximum atomic E-state index is 13.7. The van der Waals surface area contributed by atoms with Crippen molar-refractivity contribution >= 4 is 21.8 Å². The average Bonchev–Trinajstić information content (AvgIpc) is 3.50. The van der Waals surface area contributed by atoms with Gasteiger partial charge >= 0.3 is 6.18 Å². The molecule has 0 unspecified atom stereocenters. The quantitative estimate of drug-likeness (QED) is 0.182. The van der Waals surface area contributed by atoms with E-state index in [0.717, 1.165) is 45.1 Å². The van der Waals surface area contributed by atoms with Gasteiger partial charge in [0.2, 0.25) is 0 Å². The molecular weight excluding hydrogens is 645 g/mol. The van der Waals surface area contributed by atoms with Crippen molar-refractivity contribution in [2.24, 2.45) is 0 Å². The number of benzene rings is 6. The summed E-state index contributed by atoms with van der Waals surface area (Å²) in [6, 6.07) is 44.8. The Kier molecular flexibility index (Phi) is 7.59. The fourth-order valence-corrected chi connectivity index (χ4v) is 6.31. The number of aromatic nitrogens is 4. The van der Waals surface area contributed by atoms with Crippen molar-refractivity contribution in [3.05, 3.63) is 156 Å². The zero-order valence-corrected chi connectivity index (χ0v) is 26.6. The number of alkyl halides is 3. The van der Waals surface area contributed by atoms with Crippen molar-refractivity contribution in [3.63, 3.8) is 0 Å². The van der Waals surface area contributed by atoms with Crippen molar-refractivity contribution in [2.45, 2.75) is 6.18 Å². The Labute approximate surface area is 290 Å². The summed E-state index contributed by atoms with van der Waals surface area (Å²) in [5.74, 6) is 1.22. The third kappa shape index (κ3) is 5.73. The first-order valence-corrected chi connectivity index (χ1v) is 15.9. The second kappa shape index (κ2) is 12.4. The molecule has 0 spiro atoms. The average molecular weight is 669 g/mol. The van der Waals surface area contributed by atoms with Crippen LogP contribution < -0.4 is 0 Å². The lowest BCUT2D eigenvalue weighted by molar-refractivity contribution is -0.137. The normalized spacial score (nSPS) is 11.4. The lowest BCUT2D eigenvalue weighted by Crippen LogP contribution is -2.04. The third-order valence-electron chi connectivity index (χ3n) is 8.75. The molecule has 0 bridgehead atoms. The van der Waals surface area contributed by atoms with E-state index in [1.807, 2.05) is 95.6 Å². The minimum atomic E-state index is -4.51. The molecule has 51 heavy (non-hydrogen) atoms. The Hall–Kier alpha value is -7.10. The molecule has 8 aromatic rings. The molecule has 0 atom stereocenters. The van der Waals surface area contributed by atoms with Gasteiger partial charge in [0.25, 0.3) is 0 Å². The Bertz CT molecular complexity index is 2560. The summed E-state index contributed by atoms with van der Waals surface area (Å²) < 4.78 is 43.0. The first-order chi connectivity index (χ1) is 24.8. The molecule has 0 fully saturated rings. The van der Waals surface area contributed by atoms with Crippen molar-refractivity contribution in [3.8, 4) is 63.1 Å². The maximum Gasteiger partial charge on any atom is 0.416 e. The highest BCUT2D eigenvalue weighted by Crippen LogP contribution is 2.39. The minimum Gasteiger partial charge on any atom is -0.309 e. The number of fused-ring (bicyclic) bond motifs is 3. The predicted molar refractivity (Wildman–Crippen MR) is 190 cm³/mol. The zero-order chi connectivity index (χ0) is 35.1. The summed E-state index contributed by atoms with van der Waals surface area (Å²) >= 11 is 0. The lowest BCUT2D eigenvalue weighted by Gasteiger charge is -2.16. The molecule has 0 N–H and O–H groups in total. The number of nitrogens with zero attached hydrogens (tertiary/aromatic N) is 6. The smallest absolute Gasteiger partial charge is 0.309 e. The molecular formula is C42H23F3N6. The van der Waals surface area contributed by atoms with Crippen LogP contribution in [0.5, 0.6) is 0 Å². The van der Waals surface area contributed by atoms with Crippen molar-refractivity contribution in [2.75, 3.05) is 0 Å².